The third kappa shape index (κ3) is 4.02. The topological polar surface area (TPSA) is 102 Å². The first-order valence-corrected chi connectivity index (χ1v) is 7.91. The zero-order chi connectivity index (χ0) is 17.0. The second-order valence-electron chi connectivity index (χ2n) is 4.24. The van der Waals surface area contributed by atoms with Gasteiger partial charge in [-0.25, -0.2) is 9.22 Å². The molecule has 0 spiro atoms. The lowest BCUT2D eigenvalue weighted by Crippen LogP contribution is -2.18. The molecule has 0 unspecified atom stereocenters. The predicted octanol–water partition coefficient (Wildman–Crippen LogP) is 2.70. The average Bonchev–Trinajstić information content (AvgIpc) is 2.50. The zero-order valence-corrected chi connectivity index (χ0v) is 12.9. The summed E-state index contributed by atoms with van der Waals surface area (Å²) in [6.07, 6.45) is 0.909. The minimum absolute atomic E-state index is 0.0586. The molecular weight excluding hydrogens is 349 g/mol. The summed E-state index contributed by atoms with van der Waals surface area (Å²) in [6, 6.07) is 8.38. The molecule has 2 rings (SSSR count). The van der Waals surface area contributed by atoms with Crippen LogP contribution in [-0.4, -0.2) is 19.6 Å². The van der Waals surface area contributed by atoms with Crippen LogP contribution in [0.5, 0.6) is 0 Å². The van der Waals surface area contributed by atoms with Crippen molar-refractivity contribution in [2.24, 2.45) is 5.10 Å². The van der Waals surface area contributed by atoms with Crippen molar-refractivity contribution in [2.45, 2.75) is 4.90 Å². The molecule has 0 saturated carbocycles. The molecule has 0 aliphatic carbocycles. The number of hydrazone groups is 1. The molecule has 2 aromatic rings. The third-order valence-electron chi connectivity index (χ3n) is 2.70. The summed E-state index contributed by atoms with van der Waals surface area (Å²) >= 11 is 5.77. The van der Waals surface area contributed by atoms with Gasteiger partial charge in [0.2, 0.25) is 0 Å². The van der Waals surface area contributed by atoms with E-state index in [1.54, 1.807) is 0 Å². The number of nitro groups is 1. The molecule has 7 nitrogen and oxygen atoms in total. The number of sulfonamides is 1. The molecule has 0 heterocycles. The molecule has 2 aromatic carbocycles. The van der Waals surface area contributed by atoms with Crippen molar-refractivity contribution < 1.29 is 17.7 Å². The maximum atomic E-state index is 13.5. The van der Waals surface area contributed by atoms with Gasteiger partial charge >= 0.3 is 0 Å². The lowest BCUT2D eigenvalue weighted by atomic mass is 10.2. The fourth-order valence-corrected chi connectivity index (χ4v) is 2.65. The molecule has 23 heavy (non-hydrogen) atoms. The molecule has 0 saturated heterocycles. The van der Waals surface area contributed by atoms with Crippen LogP contribution in [0.3, 0.4) is 0 Å². The van der Waals surface area contributed by atoms with Crippen molar-refractivity contribution in [3.8, 4) is 0 Å². The lowest BCUT2D eigenvalue weighted by Gasteiger charge is -2.03. The Hall–Kier alpha value is -2.52. The number of halogens is 2. The van der Waals surface area contributed by atoms with E-state index in [9.17, 15) is 22.9 Å². The number of nitrogens with one attached hydrogen (secondary N) is 1. The molecule has 0 aromatic heterocycles. The fraction of sp³-hybridized carbons (Fsp3) is 0. The SMILES string of the molecule is O=[N+]([O-])c1cccc(S(=O)(=O)N/N=C/c2c(F)cccc2Cl)c1. The summed E-state index contributed by atoms with van der Waals surface area (Å²) in [5.74, 6) is -0.671. The average molecular weight is 358 g/mol. The van der Waals surface area contributed by atoms with E-state index >= 15 is 0 Å². The Morgan fingerprint density at radius 2 is 1.96 bits per heavy atom. The van der Waals surface area contributed by atoms with Gasteiger partial charge in [0.1, 0.15) is 5.82 Å². The van der Waals surface area contributed by atoms with E-state index in [0.717, 1.165) is 24.4 Å². The minimum Gasteiger partial charge on any atom is -0.258 e. The first kappa shape index (κ1) is 16.8. The zero-order valence-electron chi connectivity index (χ0n) is 11.3. The van der Waals surface area contributed by atoms with Crippen LogP contribution in [0.4, 0.5) is 10.1 Å². The Labute approximate surface area is 135 Å². The van der Waals surface area contributed by atoms with Gasteiger partial charge in [-0.05, 0) is 18.2 Å². The van der Waals surface area contributed by atoms with Gasteiger partial charge in [-0.1, -0.05) is 23.7 Å². The van der Waals surface area contributed by atoms with E-state index in [1.807, 2.05) is 4.83 Å². The number of rotatable bonds is 5. The summed E-state index contributed by atoms with van der Waals surface area (Å²) in [7, 11) is -4.13. The molecular formula is C13H9ClFN3O4S. The molecule has 10 heteroatoms. The van der Waals surface area contributed by atoms with Gasteiger partial charge in [0.15, 0.2) is 0 Å². The van der Waals surface area contributed by atoms with Crippen molar-refractivity contribution in [1.29, 1.82) is 0 Å². The summed E-state index contributed by atoms with van der Waals surface area (Å²) in [5, 5.41) is 14.1. The Balaban J connectivity index is 2.24. The molecule has 0 aliphatic heterocycles. The number of benzene rings is 2. The van der Waals surface area contributed by atoms with Gasteiger partial charge in [-0.2, -0.15) is 13.5 Å². The van der Waals surface area contributed by atoms with Crippen LogP contribution in [0.1, 0.15) is 5.56 Å². The molecule has 0 amide bonds. The number of hydrogen-bond donors (Lipinski definition) is 1. The minimum atomic E-state index is -4.13. The smallest absolute Gasteiger partial charge is 0.258 e. The van der Waals surface area contributed by atoms with Crippen LogP contribution < -0.4 is 4.83 Å². The number of nitrogens with zero attached hydrogens (tertiary/aromatic N) is 2. The monoisotopic (exact) mass is 357 g/mol. The van der Waals surface area contributed by atoms with Gasteiger partial charge in [0, 0.05) is 17.7 Å². The molecule has 0 fully saturated rings. The van der Waals surface area contributed by atoms with Gasteiger partial charge in [-0.3, -0.25) is 10.1 Å². The highest BCUT2D eigenvalue weighted by atomic mass is 35.5. The standard InChI is InChI=1S/C13H9ClFN3O4S/c14-12-5-2-6-13(15)11(12)8-16-17-23(21,22)10-4-1-3-9(7-10)18(19)20/h1-8,17H/b16-8+. The van der Waals surface area contributed by atoms with Crippen molar-refractivity contribution >= 4 is 33.5 Å². The van der Waals surface area contributed by atoms with Crippen LogP contribution in [0.15, 0.2) is 52.5 Å². The highest BCUT2D eigenvalue weighted by molar-refractivity contribution is 7.89. The van der Waals surface area contributed by atoms with E-state index in [1.165, 1.54) is 24.3 Å². The number of hydrogen-bond acceptors (Lipinski definition) is 5. The molecule has 0 radical (unpaired) electrons. The first-order chi connectivity index (χ1) is 10.8. The van der Waals surface area contributed by atoms with E-state index in [0.29, 0.717) is 0 Å². The van der Waals surface area contributed by atoms with Crippen LogP contribution in [-0.2, 0) is 10.0 Å². The van der Waals surface area contributed by atoms with E-state index < -0.39 is 20.8 Å². The maximum absolute atomic E-state index is 13.5. The largest absolute Gasteiger partial charge is 0.276 e. The van der Waals surface area contributed by atoms with Crippen LogP contribution in [0.2, 0.25) is 5.02 Å². The van der Waals surface area contributed by atoms with Crippen molar-refractivity contribution in [1.82, 2.24) is 4.83 Å². The summed E-state index contributed by atoms with van der Waals surface area (Å²) in [6.45, 7) is 0. The third-order valence-corrected chi connectivity index (χ3v) is 4.25. The van der Waals surface area contributed by atoms with E-state index in [2.05, 4.69) is 5.10 Å². The molecule has 1 N–H and O–H groups in total. The molecule has 0 aliphatic rings. The Kier molecular flexibility index (Phi) is 4.92. The van der Waals surface area contributed by atoms with Crippen LogP contribution in [0, 0.1) is 15.9 Å². The molecule has 0 bridgehead atoms. The lowest BCUT2D eigenvalue weighted by molar-refractivity contribution is -0.385. The second kappa shape index (κ2) is 6.71. The van der Waals surface area contributed by atoms with Crippen molar-refractivity contribution in [3.63, 3.8) is 0 Å². The normalized spacial score (nSPS) is 11.6. The Morgan fingerprint density at radius 3 is 2.61 bits per heavy atom. The number of nitro benzene ring substituents is 1. The maximum Gasteiger partial charge on any atom is 0.276 e. The quantitative estimate of drug-likeness (QED) is 0.505. The van der Waals surface area contributed by atoms with Gasteiger partial charge in [0.25, 0.3) is 15.7 Å². The van der Waals surface area contributed by atoms with E-state index in [-0.39, 0.29) is 21.2 Å². The first-order valence-electron chi connectivity index (χ1n) is 6.04. The van der Waals surface area contributed by atoms with Crippen molar-refractivity contribution in [3.05, 3.63) is 69.0 Å². The Morgan fingerprint density at radius 1 is 1.26 bits per heavy atom. The summed E-state index contributed by atoms with van der Waals surface area (Å²) < 4.78 is 37.5. The van der Waals surface area contributed by atoms with Gasteiger partial charge in [0.05, 0.1) is 21.1 Å². The summed E-state index contributed by atoms with van der Waals surface area (Å²) in [4.78, 5) is 11.4. The predicted molar refractivity (Wildman–Crippen MR) is 82.4 cm³/mol. The second-order valence-corrected chi connectivity index (χ2v) is 6.31. The molecule has 120 valence electrons. The summed E-state index contributed by atoms with van der Waals surface area (Å²) in [5.41, 5.74) is -0.468. The van der Waals surface area contributed by atoms with Gasteiger partial charge in [-0.15, -0.1) is 0 Å². The highest BCUT2D eigenvalue weighted by Gasteiger charge is 2.16. The van der Waals surface area contributed by atoms with Crippen LogP contribution in [0.25, 0.3) is 0 Å². The fourth-order valence-electron chi connectivity index (χ4n) is 1.61. The van der Waals surface area contributed by atoms with Crippen LogP contribution >= 0.6 is 11.6 Å². The van der Waals surface area contributed by atoms with Crippen molar-refractivity contribution in [2.75, 3.05) is 0 Å². The number of non-ortho nitro benzene ring substituents is 1. The Bertz CT molecular complexity index is 866. The molecule has 0 atom stereocenters. The van der Waals surface area contributed by atoms with Gasteiger partial charge < -0.3 is 0 Å². The highest BCUT2D eigenvalue weighted by Crippen LogP contribution is 2.18. The van der Waals surface area contributed by atoms with E-state index in [4.69, 9.17) is 11.6 Å².